The molecule has 1 saturated heterocycles. The van der Waals surface area contributed by atoms with Crippen LogP contribution in [0.1, 0.15) is 37.8 Å². The van der Waals surface area contributed by atoms with E-state index >= 15 is 0 Å². The lowest BCUT2D eigenvalue weighted by molar-refractivity contribution is 0.0263. The van der Waals surface area contributed by atoms with Crippen LogP contribution < -0.4 is 5.32 Å². The number of piperidine rings is 1. The molecule has 0 spiro atoms. The van der Waals surface area contributed by atoms with Gasteiger partial charge >= 0.3 is 0 Å². The van der Waals surface area contributed by atoms with Gasteiger partial charge in [-0.1, -0.05) is 24.3 Å². The number of aliphatic imine (C=N–C) groups is 1. The summed E-state index contributed by atoms with van der Waals surface area (Å²) in [5.74, 6) is 1.03. The Morgan fingerprint density at radius 3 is 2.48 bits per heavy atom. The Morgan fingerprint density at radius 2 is 1.88 bits per heavy atom. The zero-order chi connectivity index (χ0) is 18.1. The van der Waals surface area contributed by atoms with E-state index in [1.807, 2.05) is 0 Å². The lowest BCUT2D eigenvalue weighted by atomic mass is 10.1. The number of guanidine groups is 1. The predicted octanol–water partition coefficient (Wildman–Crippen LogP) is 2.71. The van der Waals surface area contributed by atoms with Crippen LogP contribution in [0.15, 0.2) is 29.3 Å². The molecule has 2 rings (SSSR count). The zero-order valence-electron chi connectivity index (χ0n) is 16.3. The minimum atomic E-state index is 0.407. The highest BCUT2D eigenvalue weighted by molar-refractivity contribution is 5.80. The molecular weight excluding hydrogens is 312 g/mol. The molecule has 1 aliphatic rings. The first-order valence-corrected chi connectivity index (χ1v) is 9.50. The first-order chi connectivity index (χ1) is 12.1. The molecule has 0 aromatic heterocycles. The van der Waals surface area contributed by atoms with Crippen LogP contribution in [0.25, 0.3) is 0 Å². The highest BCUT2D eigenvalue weighted by atomic mass is 16.5. The molecular formula is C20H34N4O. The van der Waals surface area contributed by atoms with Crippen molar-refractivity contribution in [1.82, 2.24) is 15.1 Å². The number of ether oxygens (including phenoxy) is 1. The molecule has 0 saturated carbocycles. The molecule has 0 aliphatic carbocycles. The summed E-state index contributed by atoms with van der Waals surface area (Å²) in [7, 11) is 4.21. The molecule has 0 bridgehead atoms. The molecule has 0 radical (unpaired) electrons. The van der Waals surface area contributed by atoms with Crippen LogP contribution >= 0.6 is 0 Å². The van der Waals surface area contributed by atoms with E-state index in [9.17, 15) is 0 Å². The highest BCUT2D eigenvalue weighted by Crippen LogP contribution is 2.15. The predicted molar refractivity (Wildman–Crippen MR) is 105 cm³/mol. The molecule has 1 heterocycles. The molecule has 1 aliphatic heterocycles. The number of rotatable bonds is 7. The summed E-state index contributed by atoms with van der Waals surface area (Å²) in [5, 5.41) is 3.45. The third kappa shape index (κ3) is 6.33. The van der Waals surface area contributed by atoms with Crippen molar-refractivity contribution in [2.45, 2.75) is 45.9 Å². The average Bonchev–Trinajstić information content (AvgIpc) is 2.60. The third-order valence-corrected chi connectivity index (χ3v) is 4.48. The van der Waals surface area contributed by atoms with Crippen molar-refractivity contribution in [2.24, 2.45) is 4.99 Å². The standard InChI is InChI=1S/C20H34N4O/c1-5-21-20(24-13-11-19(12-14-24)25-6-2)22-15-17-9-7-8-10-18(17)16-23(3)4/h7-10,19H,5-6,11-16H2,1-4H3,(H,21,22). The van der Waals surface area contributed by atoms with E-state index in [0.717, 1.165) is 58.1 Å². The molecule has 5 heteroatoms. The third-order valence-electron chi connectivity index (χ3n) is 4.48. The summed E-state index contributed by atoms with van der Waals surface area (Å²) in [6.45, 7) is 9.59. The highest BCUT2D eigenvalue weighted by Gasteiger charge is 2.21. The number of nitrogens with one attached hydrogen (secondary N) is 1. The van der Waals surface area contributed by atoms with Crippen LogP contribution in [0.4, 0.5) is 0 Å². The summed E-state index contributed by atoms with van der Waals surface area (Å²) in [6.07, 6.45) is 2.57. The molecule has 0 amide bonds. The zero-order valence-corrected chi connectivity index (χ0v) is 16.3. The second-order valence-corrected chi connectivity index (χ2v) is 6.82. The van der Waals surface area contributed by atoms with Crippen molar-refractivity contribution in [3.8, 4) is 0 Å². The molecule has 25 heavy (non-hydrogen) atoms. The van der Waals surface area contributed by atoms with Crippen LogP contribution in [0.2, 0.25) is 0 Å². The molecule has 0 unspecified atom stereocenters. The Morgan fingerprint density at radius 1 is 1.20 bits per heavy atom. The number of likely N-dealkylation sites (tertiary alicyclic amines) is 1. The fraction of sp³-hybridized carbons (Fsp3) is 0.650. The van der Waals surface area contributed by atoms with Crippen molar-refractivity contribution in [2.75, 3.05) is 40.3 Å². The fourth-order valence-corrected chi connectivity index (χ4v) is 3.26. The maximum Gasteiger partial charge on any atom is 0.194 e. The summed E-state index contributed by atoms with van der Waals surface area (Å²) in [5.41, 5.74) is 2.65. The summed E-state index contributed by atoms with van der Waals surface area (Å²) in [6, 6.07) is 8.60. The fourth-order valence-electron chi connectivity index (χ4n) is 3.26. The molecule has 1 N–H and O–H groups in total. The van der Waals surface area contributed by atoms with E-state index in [1.165, 1.54) is 11.1 Å². The Labute approximate surface area is 153 Å². The minimum absolute atomic E-state index is 0.407. The molecule has 0 atom stereocenters. The average molecular weight is 347 g/mol. The number of hydrogen-bond acceptors (Lipinski definition) is 3. The summed E-state index contributed by atoms with van der Waals surface area (Å²) >= 11 is 0. The van der Waals surface area contributed by atoms with Crippen molar-refractivity contribution in [3.05, 3.63) is 35.4 Å². The van der Waals surface area contributed by atoms with Gasteiger partial charge in [0.1, 0.15) is 0 Å². The van der Waals surface area contributed by atoms with Crippen molar-refractivity contribution >= 4 is 5.96 Å². The Hall–Kier alpha value is -1.59. The van der Waals surface area contributed by atoms with E-state index in [0.29, 0.717) is 6.10 Å². The topological polar surface area (TPSA) is 40.1 Å². The van der Waals surface area contributed by atoms with Gasteiger partial charge in [-0.25, -0.2) is 4.99 Å². The monoisotopic (exact) mass is 346 g/mol. The van der Waals surface area contributed by atoms with E-state index in [1.54, 1.807) is 0 Å². The van der Waals surface area contributed by atoms with Gasteiger partial charge in [0.05, 0.1) is 12.6 Å². The lowest BCUT2D eigenvalue weighted by Gasteiger charge is -2.34. The maximum absolute atomic E-state index is 5.76. The van der Waals surface area contributed by atoms with Gasteiger partial charge in [0.15, 0.2) is 5.96 Å². The Bertz CT molecular complexity index is 536. The summed E-state index contributed by atoms with van der Waals surface area (Å²) < 4.78 is 5.76. The van der Waals surface area contributed by atoms with E-state index in [2.05, 4.69) is 67.3 Å². The maximum atomic E-state index is 5.76. The Kier molecular flexibility index (Phi) is 8.22. The summed E-state index contributed by atoms with van der Waals surface area (Å²) in [4.78, 5) is 9.49. The van der Waals surface area contributed by atoms with Gasteiger partial charge in [-0.05, 0) is 51.9 Å². The van der Waals surface area contributed by atoms with Crippen LogP contribution in [-0.4, -0.2) is 62.2 Å². The van der Waals surface area contributed by atoms with Crippen LogP contribution in [0, 0.1) is 0 Å². The smallest absolute Gasteiger partial charge is 0.194 e. The second kappa shape index (κ2) is 10.4. The molecule has 1 aromatic carbocycles. The van der Waals surface area contributed by atoms with Crippen LogP contribution in [0.5, 0.6) is 0 Å². The number of hydrogen-bond donors (Lipinski definition) is 1. The largest absolute Gasteiger partial charge is 0.378 e. The number of nitrogens with zero attached hydrogens (tertiary/aromatic N) is 3. The van der Waals surface area contributed by atoms with Gasteiger partial charge < -0.3 is 19.9 Å². The van der Waals surface area contributed by atoms with E-state index in [-0.39, 0.29) is 0 Å². The number of benzene rings is 1. The van der Waals surface area contributed by atoms with E-state index < -0.39 is 0 Å². The second-order valence-electron chi connectivity index (χ2n) is 6.82. The van der Waals surface area contributed by atoms with Crippen LogP contribution in [-0.2, 0) is 17.8 Å². The Balaban J connectivity index is 2.03. The quantitative estimate of drug-likeness (QED) is 0.609. The lowest BCUT2D eigenvalue weighted by Crippen LogP contribution is -2.47. The molecule has 1 fully saturated rings. The van der Waals surface area contributed by atoms with Crippen molar-refractivity contribution in [3.63, 3.8) is 0 Å². The molecule has 1 aromatic rings. The van der Waals surface area contributed by atoms with Gasteiger partial charge in [-0.15, -0.1) is 0 Å². The normalized spacial score (nSPS) is 16.5. The molecule has 140 valence electrons. The van der Waals surface area contributed by atoms with Gasteiger partial charge in [-0.3, -0.25) is 0 Å². The van der Waals surface area contributed by atoms with Crippen molar-refractivity contribution in [1.29, 1.82) is 0 Å². The first-order valence-electron chi connectivity index (χ1n) is 9.50. The van der Waals surface area contributed by atoms with Gasteiger partial charge in [-0.2, -0.15) is 0 Å². The SMILES string of the molecule is CCNC(=NCc1ccccc1CN(C)C)N1CCC(OCC)CC1. The first kappa shape index (κ1) is 19.7. The van der Waals surface area contributed by atoms with Crippen molar-refractivity contribution < 1.29 is 4.74 Å². The van der Waals surface area contributed by atoms with E-state index in [4.69, 9.17) is 9.73 Å². The van der Waals surface area contributed by atoms with Gasteiger partial charge in [0.2, 0.25) is 0 Å². The van der Waals surface area contributed by atoms with Gasteiger partial charge in [0.25, 0.3) is 0 Å². The minimum Gasteiger partial charge on any atom is -0.378 e. The molecule has 5 nitrogen and oxygen atoms in total. The van der Waals surface area contributed by atoms with Crippen LogP contribution in [0.3, 0.4) is 0 Å². The van der Waals surface area contributed by atoms with Gasteiger partial charge in [0, 0.05) is 32.8 Å².